The number of nitrogens with one attached hydrogen (secondary N) is 1. The summed E-state index contributed by atoms with van der Waals surface area (Å²) in [6.07, 6.45) is 0.355. The maximum atomic E-state index is 12.7. The maximum Gasteiger partial charge on any atom is 0.321 e. The van der Waals surface area contributed by atoms with Gasteiger partial charge in [-0.3, -0.25) is 0 Å². The van der Waals surface area contributed by atoms with E-state index in [9.17, 15) is 4.79 Å². The van der Waals surface area contributed by atoms with Crippen molar-refractivity contribution in [3.8, 4) is 6.07 Å². The van der Waals surface area contributed by atoms with Gasteiger partial charge in [-0.15, -0.1) is 11.3 Å². The second-order valence-electron chi connectivity index (χ2n) is 6.86. The predicted molar refractivity (Wildman–Crippen MR) is 113 cm³/mol. The fourth-order valence-corrected chi connectivity index (χ4v) is 4.08. The number of urea groups is 1. The van der Waals surface area contributed by atoms with Crippen molar-refractivity contribution in [2.24, 2.45) is 0 Å². The largest absolute Gasteiger partial charge is 0.368 e. The first-order valence-corrected chi connectivity index (χ1v) is 10.1. The molecule has 1 fully saturated rings. The minimum absolute atomic E-state index is 0.0479. The van der Waals surface area contributed by atoms with E-state index in [2.05, 4.69) is 31.2 Å². The third-order valence-corrected chi connectivity index (χ3v) is 5.59. The van der Waals surface area contributed by atoms with E-state index in [1.54, 1.807) is 10.4 Å². The molecule has 0 spiro atoms. The highest BCUT2D eigenvalue weighted by Crippen LogP contribution is 2.28. The first-order chi connectivity index (χ1) is 14.0. The Bertz CT molecular complexity index is 1070. The number of nitrogen functional groups attached to an aromatic ring is 1. The Balaban J connectivity index is 1.44. The van der Waals surface area contributed by atoms with Gasteiger partial charge in [0.05, 0.1) is 18.0 Å². The first-order valence-electron chi connectivity index (χ1n) is 9.20. The van der Waals surface area contributed by atoms with Gasteiger partial charge < -0.3 is 20.9 Å². The molecular formula is C19H20N8OS. The Hall–Kier alpha value is -3.45. The molecule has 1 unspecified atom stereocenters. The van der Waals surface area contributed by atoms with E-state index in [4.69, 9.17) is 11.0 Å². The summed E-state index contributed by atoms with van der Waals surface area (Å²) in [6, 6.07) is 9.33. The SMILES string of the molecule is CC1CN(C(=O)Nc2ccc(CC#N)cc2)CCN1c1nc(N)nc2scnc12. The smallest absolute Gasteiger partial charge is 0.321 e. The monoisotopic (exact) mass is 408 g/mol. The maximum absolute atomic E-state index is 12.7. The molecule has 1 atom stereocenters. The molecule has 1 aromatic carbocycles. The van der Waals surface area contributed by atoms with E-state index in [0.717, 1.165) is 21.7 Å². The molecular weight excluding hydrogens is 388 g/mol. The second kappa shape index (κ2) is 7.89. The summed E-state index contributed by atoms with van der Waals surface area (Å²) in [5.41, 5.74) is 9.97. The molecule has 148 valence electrons. The van der Waals surface area contributed by atoms with Crippen molar-refractivity contribution in [2.45, 2.75) is 19.4 Å². The molecule has 9 nitrogen and oxygen atoms in total. The molecule has 10 heteroatoms. The number of rotatable bonds is 3. The number of fused-ring (bicyclic) bond motifs is 1. The Morgan fingerprint density at radius 3 is 2.86 bits per heavy atom. The number of nitrogens with two attached hydrogens (primary N) is 1. The Kier molecular flexibility index (Phi) is 5.14. The summed E-state index contributed by atoms with van der Waals surface area (Å²) in [7, 11) is 0. The molecule has 0 saturated carbocycles. The van der Waals surface area contributed by atoms with Crippen LogP contribution in [0, 0.1) is 11.3 Å². The van der Waals surface area contributed by atoms with Crippen molar-refractivity contribution in [1.29, 1.82) is 5.26 Å². The van der Waals surface area contributed by atoms with E-state index in [-0.39, 0.29) is 18.0 Å². The summed E-state index contributed by atoms with van der Waals surface area (Å²) in [5.74, 6) is 0.943. The summed E-state index contributed by atoms with van der Waals surface area (Å²) in [4.78, 5) is 30.4. The molecule has 0 radical (unpaired) electrons. The fourth-order valence-electron chi connectivity index (χ4n) is 3.42. The number of piperazine rings is 1. The highest BCUT2D eigenvalue weighted by atomic mass is 32.1. The lowest BCUT2D eigenvalue weighted by Crippen LogP contribution is -2.55. The van der Waals surface area contributed by atoms with Crippen LogP contribution in [0.25, 0.3) is 10.3 Å². The van der Waals surface area contributed by atoms with Gasteiger partial charge in [-0.25, -0.2) is 14.8 Å². The van der Waals surface area contributed by atoms with Crippen LogP contribution in [0.2, 0.25) is 0 Å². The van der Waals surface area contributed by atoms with Gasteiger partial charge in [-0.05, 0) is 24.6 Å². The van der Waals surface area contributed by atoms with Crippen LogP contribution in [0.5, 0.6) is 0 Å². The van der Waals surface area contributed by atoms with E-state index in [0.29, 0.717) is 31.7 Å². The first kappa shape index (κ1) is 18.9. The third kappa shape index (κ3) is 3.90. The van der Waals surface area contributed by atoms with Crippen LogP contribution in [0.3, 0.4) is 0 Å². The number of thiazole rings is 1. The highest BCUT2D eigenvalue weighted by Gasteiger charge is 2.29. The van der Waals surface area contributed by atoms with Crippen molar-refractivity contribution in [3.05, 3.63) is 35.3 Å². The van der Waals surface area contributed by atoms with E-state index >= 15 is 0 Å². The number of hydrogen-bond acceptors (Lipinski definition) is 8. The zero-order valence-electron chi connectivity index (χ0n) is 15.9. The van der Waals surface area contributed by atoms with E-state index in [1.807, 2.05) is 31.2 Å². The molecule has 1 aliphatic heterocycles. The lowest BCUT2D eigenvalue weighted by molar-refractivity contribution is 0.200. The number of carbonyl (C=O) groups excluding carboxylic acids is 1. The van der Waals surface area contributed by atoms with Gasteiger partial charge in [0.2, 0.25) is 5.95 Å². The molecule has 4 rings (SSSR count). The lowest BCUT2D eigenvalue weighted by Gasteiger charge is -2.40. The number of anilines is 3. The molecule has 3 heterocycles. The average molecular weight is 408 g/mol. The van der Waals surface area contributed by atoms with Crippen molar-refractivity contribution in [1.82, 2.24) is 19.9 Å². The predicted octanol–water partition coefficient (Wildman–Crippen LogP) is 2.48. The molecule has 3 N–H and O–H groups in total. The van der Waals surface area contributed by atoms with Gasteiger partial charge in [-0.2, -0.15) is 10.2 Å². The number of carbonyl (C=O) groups is 1. The van der Waals surface area contributed by atoms with Crippen molar-refractivity contribution in [3.63, 3.8) is 0 Å². The summed E-state index contributed by atoms with van der Waals surface area (Å²) < 4.78 is 0. The van der Waals surface area contributed by atoms with E-state index < -0.39 is 0 Å². The summed E-state index contributed by atoms with van der Waals surface area (Å²) in [5, 5.41) is 11.7. The van der Waals surface area contributed by atoms with Gasteiger partial charge in [-0.1, -0.05) is 12.1 Å². The zero-order chi connectivity index (χ0) is 20.4. The van der Waals surface area contributed by atoms with Crippen LogP contribution in [-0.4, -0.2) is 51.6 Å². The number of hydrogen-bond donors (Lipinski definition) is 2. The van der Waals surface area contributed by atoms with Crippen LogP contribution in [0.1, 0.15) is 12.5 Å². The molecule has 0 aliphatic carbocycles. The van der Waals surface area contributed by atoms with Gasteiger partial charge in [0.1, 0.15) is 5.52 Å². The van der Waals surface area contributed by atoms with Crippen LogP contribution in [0.15, 0.2) is 29.8 Å². The summed E-state index contributed by atoms with van der Waals surface area (Å²) >= 11 is 1.43. The molecule has 1 aliphatic rings. The fraction of sp³-hybridized carbons (Fsp3) is 0.316. The molecule has 1 saturated heterocycles. The minimum Gasteiger partial charge on any atom is -0.368 e. The van der Waals surface area contributed by atoms with Crippen LogP contribution >= 0.6 is 11.3 Å². The number of amides is 2. The molecule has 2 amide bonds. The van der Waals surface area contributed by atoms with Crippen molar-refractivity contribution >= 4 is 45.2 Å². The third-order valence-electron chi connectivity index (χ3n) is 4.87. The lowest BCUT2D eigenvalue weighted by atomic mass is 10.1. The molecule has 3 aromatic rings. The topological polar surface area (TPSA) is 124 Å². The quantitative estimate of drug-likeness (QED) is 0.682. The number of aromatic nitrogens is 3. The molecule has 0 bridgehead atoms. The normalized spacial score (nSPS) is 16.6. The van der Waals surface area contributed by atoms with Crippen LogP contribution in [0.4, 0.5) is 22.2 Å². The standard InChI is InChI=1S/C19H20N8OS/c1-12-10-26(19(28)23-14-4-2-13(3-5-14)6-7-20)8-9-27(12)16-15-17(29-11-22-15)25-18(21)24-16/h2-5,11-12H,6,8-10H2,1H3,(H,23,28)(H2,21,24,25). The zero-order valence-corrected chi connectivity index (χ0v) is 16.7. The number of nitriles is 1. The van der Waals surface area contributed by atoms with Crippen molar-refractivity contribution < 1.29 is 4.79 Å². The highest BCUT2D eigenvalue weighted by molar-refractivity contribution is 7.16. The minimum atomic E-state index is -0.148. The van der Waals surface area contributed by atoms with Gasteiger partial charge in [0.25, 0.3) is 0 Å². The Morgan fingerprint density at radius 1 is 1.34 bits per heavy atom. The summed E-state index contributed by atoms with van der Waals surface area (Å²) in [6.45, 7) is 3.78. The van der Waals surface area contributed by atoms with Gasteiger partial charge in [0, 0.05) is 31.4 Å². The van der Waals surface area contributed by atoms with Gasteiger partial charge >= 0.3 is 6.03 Å². The second-order valence-corrected chi connectivity index (χ2v) is 7.70. The average Bonchev–Trinajstić information content (AvgIpc) is 3.17. The molecule has 29 heavy (non-hydrogen) atoms. The Morgan fingerprint density at radius 2 is 2.14 bits per heavy atom. The molecule has 2 aromatic heterocycles. The Labute approximate surface area is 171 Å². The van der Waals surface area contributed by atoms with Crippen molar-refractivity contribution in [2.75, 3.05) is 35.6 Å². The van der Waals surface area contributed by atoms with E-state index in [1.165, 1.54) is 11.3 Å². The van der Waals surface area contributed by atoms with Gasteiger partial charge in [0.15, 0.2) is 10.6 Å². The van der Waals surface area contributed by atoms with Crippen LogP contribution in [-0.2, 0) is 6.42 Å². The number of nitrogens with zero attached hydrogens (tertiary/aromatic N) is 6. The van der Waals surface area contributed by atoms with Crippen LogP contribution < -0.4 is 16.0 Å². The number of benzene rings is 1.